The Labute approximate surface area is 123 Å². The fourth-order valence-electron chi connectivity index (χ4n) is 2.30. The lowest BCUT2D eigenvalue weighted by atomic mass is 9.97. The molecule has 0 saturated carbocycles. The summed E-state index contributed by atoms with van der Waals surface area (Å²) < 4.78 is 29.4. The quantitative estimate of drug-likeness (QED) is 0.861. The van der Waals surface area contributed by atoms with Crippen LogP contribution < -0.4 is 10.5 Å². The van der Waals surface area contributed by atoms with Crippen molar-refractivity contribution in [3.63, 3.8) is 0 Å². The second-order valence-electron chi connectivity index (χ2n) is 4.89. The summed E-state index contributed by atoms with van der Waals surface area (Å²) in [4.78, 5) is 0. The first-order valence-corrected chi connectivity index (χ1v) is 7.00. The first-order valence-electron chi connectivity index (χ1n) is 7.00. The third-order valence-corrected chi connectivity index (χ3v) is 3.35. The van der Waals surface area contributed by atoms with Crippen molar-refractivity contribution in [1.29, 1.82) is 0 Å². The number of alkyl halides is 2. The third-order valence-electron chi connectivity index (χ3n) is 3.35. The molecule has 2 aromatic rings. The lowest BCUT2D eigenvalue weighted by Gasteiger charge is -2.17. The zero-order valence-corrected chi connectivity index (χ0v) is 11.9. The first-order chi connectivity index (χ1) is 10.1. The number of halogens is 2. The largest absolute Gasteiger partial charge is 0.434 e. The van der Waals surface area contributed by atoms with Gasteiger partial charge in [0, 0.05) is 5.56 Å². The number of rotatable bonds is 6. The zero-order valence-electron chi connectivity index (χ0n) is 11.9. The Hall–Kier alpha value is -1.94. The molecular formula is C17H19F2NO. The highest BCUT2D eigenvalue weighted by Gasteiger charge is 2.16. The van der Waals surface area contributed by atoms with Gasteiger partial charge in [-0.2, -0.15) is 8.78 Å². The Bertz CT molecular complexity index is 569. The number of benzene rings is 2. The minimum Gasteiger partial charge on any atom is -0.434 e. The van der Waals surface area contributed by atoms with Crippen LogP contribution in [0.25, 0.3) is 0 Å². The first kappa shape index (κ1) is 15.4. The molecule has 0 aliphatic heterocycles. The van der Waals surface area contributed by atoms with Gasteiger partial charge in [-0.25, -0.2) is 0 Å². The Morgan fingerprint density at radius 1 is 1.05 bits per heavy atom. The van der Waals surface area contributed by atoms with Crippen molar-refractivity contribution < 1.29 is 13.5 Å². The van der Waals surface area contributed by atoms with Crippen molar-refractivity contribution >= 4 is 0 Å². The maximum Gasteiger partial charge on any atom is 0.387 e. The van der Waals surface area contributed by atoms with Crippen molar-refractivity contribution in [1.82, 2.24) is 0 Å². The molecule has 112 valence electrons. The molecule has 2 aromatic carbocycles. The predicted molar refractivity (Wildman–Crippen MR) is 79.5 cm³/mol. The molecule has 1 atom stereocenters. The molecule has 2 rings (SSSR count). The minimum absolute atomic E-state index is 0.123. The second-order valence-corrected chi connectivity index (χ2v) is 4.89. The zero-order chi connectivity index (χ0) is 15.2. The van der Waals surface area contributed by atoms with Crippen LogP contribution in [-0.2, 0) is 6.42 Å². The molecule has 0 saturated heterocycles. The van der Waals surface area contributed by atoms with Gasteiger partial charge < -0.3 is 10.5 Å². The molecule has 0 bridgehead atoms. The number of para-hydroxylation sites is 1. The summed E-state index contributed by atoms with van der Waals surface area (Å²) in [7, 11) is 0. The van der Waals surface area contributed by atoms with Gasteiger partial charge in [-0.15, -0.1) is 0 Å². The molecular weight excluding hydrogens is 272 g/mol. The molecule has 2 nitrogen and oxygen atoms in total. The maximum absolute atomic E-state index is 12.4. The Morgan fingerprint density at radius 3 is 2.33 bits per heavy atom. The van der Waals surface area contributed by atoms with Crippen LogP contribution >= 0.6 is 0 Å². The smallest absolute Gasteiger partial charge is 0.387 e. The van der Waals surface area contributed by atoms with E-state index in [0.29, 0.717) is 5.56 Å². The van der Waals surface area contributed by atoms with E-state index in [1.807, 2.05) is 24.3 Å². The Morgan fingerprint density at radius 2 is 1.71 bits per heavy atom. The Kier molecular flexibility index (Phi) is 5.28. The van der Waals surface area contributed by atoms with Crippen molar-refractivity contribution in [2.24, 2.45) is 5.73 Å². The summed E-state index contributed by atoms with van der Waals surface area (Å²) in [5.74, 6) is 0.123. The van der Waals surface area contributed by atoms with Gasteiger partial charge in [-0.05, 0) is 23.6 Å². The standard InChI is InChI=1S/C17H19F2NO/c1-2-5-12-8-10-13(11-9-12)16(20)14-6-3-4-7-15(14)21-17(18)19/h3-4,6-11,16-17H,2,5,20H2,1H3. The number of hydrogen-bond acceptors (Lipinski definition) is 2. The Balaban J connectivity index is 2.24. The van der Waals surface area contributed by atoms with E-state index in [4.69, 9.17) is 5.73 Å². The summed E-state index contributed by atoms with van der Waals surface area (Å²) >= 11 is 0. The van der Waals surface area contributed by atoms with Gasteiger partial charge in [0.05, 0.1) is 6.04 Å². The molecule has 1 unspecified atom stereocenters. The van der Waals surface area contributed by atoms with Crippen molar-refractivity contribution in [2.75, 3.05) is 0 Å². The topological polar surface area (TPSA) is 35.2 Å². The molecule has 0 spiro atoms. The van der Waals surface area contributed by atoms with Crippen LogP contribution in [0, 0.1) is 0 Å². The van der Waals surface area contributed by atoms with E-state index in [0.717, 1.165) is 18.4 Å². The summed E-state index contributed by atoms with van der Waals surface area (Å²) in [6.45, 7) is -0.734. The second kappa shape index (κ2) is 7.18. The van der Waals surface area contributed by atoms with Crippen LogP contribution in [0.2, 0.25) is 0 Å². The van der Waals surface area contributed by atoms with E-state index in [1.165, 1.54) is 11.6 Å². The predicted octanol–water partition coefficient (Wildman–Crippen LogP) is 4.29. The van der Waals surface area contributed by atoms with Crippen LogP contribution in [0.15, 0.2) is 48.5 Å². The molecule has 0 amide bonds. The van der Waals surface area contributed by atoms with E-state index < -0.39 is 12.7 Å². The van der Waals surface area contributed by atoms with Crippen molar-refractivity contribution in [3.05, 3.63) is 65.2 Å². The van der Waals surface area contributed by atoms with Crippen LogP contribution in [0.5, 0.6) is 5.75 Å². The SMILES string of the molecule is CCCc1ccc(C(N)c2ccccc2OC(F)F)cc1. The highest BCUT2D eigenvalue weighted by molar-refractivity contribution is 5.41. The molecule has 2 N–H and O–H groups in total. The summed E-state index contributed by atoms with van der Waals surface area (Å²) in [5.41, 5.74) is 8.86. The summed E-state index contributed by atoms with van der Waals surface area (Å²) in [6.07, 6.45) is 2.09. The average molecular weight is 291 g/mol. The monoisotopic (exact) mass is 291 g/mol. The van der Waals surface area contributed by atoms with Gasteiger partial charge >= 0.3 is 6.61 Å². The van der Waals surface area contributed by atoms with Crippen LogP contribution in [0.3, 0.4) is 0 Å². The van der Waals surface area contributed by atoms with Crippen LogP contribution in [0.4, 0.5) is 8.78 Å². The van der Waals surface area contributed by atoms with Crippen molar-refractivity contribution in [3.8, 4) is 5.75 Å². The molecule has 0 aliphatic carbocycles. The maximum atomic E-state index is 12.4. The lowest BCUT2D eigenvalue weighted by molar-refractivity contribution is -0.0505. The number of nitrogens with two attached hydrogens (primary N) is 1. The highest BCUT2D eigenvalue weighted by atomic mass is 19.3. The molecule has 0 radical (unpaired) electrons. The third kappa shape index (κ3) is 4.02. The van der Waals surface area contributed by atoms with E-state index >= 15 is 0 Å². The van der Waals surface area contributed by atoms with Crippen LogP contribution in [0.1, 0.15) is 36.1 Å². The fourth-order valence-corrected chi connectivity index (χ4v) is 2.30. The molecule has 0 aromatic heterocycles. The number of aryl methyl sites for hydroxylation is 1. The number of ether oxygens (including phenoxy) is 1. The van der Waals surface area contributed by atoms with Gasteiger partial charge in [0.2, 0.25) is 0 Å². The normalized spacial score (nSPS) is 12.4. The van der Waals surface area contributed by atoms with Crippen molar-refractivity contribution in [2.45, 2.75) is 32.4 Å². The highest BCUT2D eigenvalue weighted by Crippen LogP contribution is 2.29. The van der Waals surface area contributed by atoms with Gasteiger partial charge in [-0.3, -0.25) is 0 Å². The molecule has 21 heavy (non-hydrogen) atoms. The summed E-state index contributed by atoms with van der Waals surface area (Å²) in [5, 5.41) is 0. The molecule has 0 aliphatic rings. The summed E-state index contributed by atoms with van der Waals surface area (Å²) in [6, 6.07) is 14.1. The van der Waals surface area contributed by atoms with Crippen LogP contribution in [-0.4, -0.2) is 6.61 Å². The van der Waals surface area contributed by atoms with E-state index in [9.17, 15) is 8.78 Å². The van der Waals surface area contributed by atoms with Gasteiger partial charge in [-0.1, -0.05) is 55.8 Å². The van der Waals surface area contributed by atoms with Gasteiger partial charge in [0.1, 0.15) is 5.75 Å². The lowest BCUT2D eigenvalue weighted by Crippen LogP contribution is -2.14. The fraction of sp³-hybridized carbons (Fsp3) is 0.294. The molecule has 0 fully saturated rings. The minimum atomic E-state index is -2.86. The van der Waals surface area contributed by atoms with E-state index in [-0.39, 0.29) is 5.75 Å². The molecule has 4 heteroatoms. The average Bonchev–Trinajstić information content (AvgIpc) is 2.48. The molecule has 0 heterocycles. The number of hydrogen-bond donors (Lipinski definition) is 1. The van der Waals surface area contributed by atoms with E-state index in [1.54, 1.807) is 18.2 Å². The van der Waals surface area contributed by atoms with Gasteiger partial charge in [0.15, 0.2) is 0 Å². The van der Waals surface area contributed by atoms with Gasteiger partial charge in [0.25, 0.3) is 0 Å². The van der Waals surface area contributed by atoms with E-state index in [2.05, 4.69) is 11.7 Å².